The Morgan fingerprint density at radius 3 is 2.40 bits per heavy atom. The van der Waals surface area contributed by atoms with E-state index in [4.69, 9.17) is 9.84 Å². The van der Waals surface area contributed by atoms with E-state index in [9.17, 15) is 13.6 Å². The molecule has 0 aliphatic carbocycles. The lowest BCUT2D eigenvalue weighted by Gasteiger charge is -2.12. The molecule has 0 spiro atoms. The van der Waals surface area contributed by atoms with Gasteiger partial charge in [-0.15, -0.1) is 0 Å². The summed E-state index contributed by atoms with van der Waals surface area (Å²) < 4.78 is 30.5. The van der Waals surface area contributed by atoms with Crippen LogP contribution in [0.25, 0.3) is 0 Å². The van der Waals surface area contributed by atoms with Crippen molar-refractivity contribution in [1.29, 1.82) is 0 Å². The van der Waals surface area contributed by atoms with Gasteiger partial charge in [0.1, 0.15) is 5.75 Å². The van der Waals surface area contributed by atoms with Crippen molar-refractivity contribution >= 4 is 5.97 Å². The Hall–Kier alpha value is -1.65. The second-order valence-electron chi connectivity index (χ2n) is 3.07. The van der Waals surface area contributed by atoms with Gasteiger partial charge in [0.2, 0.25) is 0 Å². The number of hydrogen-bond acceptors (Lipinski definition) is 2. The summed E-state index contributed by atoms with van der Waals surface area (Å²) >= 11 is 0. The van der Waals surface area contributed by atoms with Crippen LogP contribution < -0.4 is 4.74 Å². The molecule has 0 bridgehead atoms. The van der Waals surface area contributed by atoms with Gasteiger partial charge >= 0.3 is 5.97 Å². The first-order chi connectivity index (χ1) is 6.97. The summed E-state index contributed by atoms with van der Waals surface area (Å²) in [5.74, 6) is -4.19. The Kier molecular flexibility index (Phi) is 3.24. The summed E-state index contributed by atoms with van der Waals surface area (Å²) in [5.41, 5.74) is 0.115. The zero-order valence-electron chi connectivity index (χ0n) is 8.25. The SMILES string of the molecule is COc1cc(F)c(F)cc1C(C)C(=O)O. The molecular weight excluding hydrogens is 206 g/mol. The van der Waals surface area contributed by atoms with Gasteiger partial charge in [0.05, 0.1) is 13.0 Å². The number of carboxylic acids is 1. The summed E-state index contributed by atoms with van der Waals surface area (Å²) in [6.45, 7) is 1.37. The van der Waals surface area contributed by atoms with Crippen LogP contribution in [0.1, 0.15) is 18.4 Å². The summed E-state index contributed by atoms with van der Waals surface area (Å²) in [7, 11) is 1.27. The van der Waals surface area contributed by atoms with Crippen molar-refractivity contribution in [3.63, 3.8) is 0 Å². The molecule has 82 valence electrons. The minimum Gasteiger partial charge on any atom is -0.496 e. The van der Waals surface area contributed by atoms with Crippen LogP contribution >= 0.6 is 0 Å². The maximum absolute atomic E-state index is 12.9. The molecule has 15 heavy (non-hydrogen) atoms. The van der Waals surface area contributed by atoms with Gasteiger partial charge in [-0.25, -0.2) is 8.78 Å². The van der Waals surface area contributed by atoms with Crippen LogP contribution in [0.4, 0.5) is 8.78 Å². The van der Waals surface area contributed by atoms with Gasteiger partial charge in [-0.2, -0.15) is 0 Å². The Morgan fingerprint density at radius 2 is 1.93 bits per heavy atom. The van der Waals surface area contributed by atoms with Gasteiger partial charge < -0.3 is 9.84 Å². The number of aliphatic carboxylic acids is 1. The van der Waals surface area contributed by atoms with Crippen LogP contribution in [-0.4, -0.2) is 18.2 Å². The smallest absolute Gasteiger partial charge is 0.310 e. The third-order valence-corrected chi connectivity index (χ3v) is 2.11. The highest BCUT2D eigenvalue weighted by Crippen LogP contribution is 2.28. The lowest BCUT2D eigenvalue weighted by Crippen LogP contribution is -2.09. The molecule has 0 saturated heterocycles. The zero-order valence-corrected chi connectivity index (χ0v) is 8.25. The minimum absolute atomic E-state index is 0.0313. The number of rotatable bonds is 3. The lowest BCUT2D eigenvalue weighted by atomic mass is 10.00. The van der Waals surface area contributed by atoms with Gasteiger partial charge in [-0.1, -0.05) is 0 Å². The first-order valence-corrected chi connectivity index (χ1v) is 4.23. The zero-order chi connectivity index (χ0) is 11.6. The average molecular weight is 216 g/mol. The highest BCUT2D eigenvalue weighted by molar-refractivity contribution is 5.76. The molecule has 0 fully saturated rings. The van der Waals surface area contributed by atoms with Crippen LogP contribution in [0.2, 0.25) is 0 Å². The van der Waals surface area contributed by atoms with Gasteiger partial charge in [-0.3, -0.25) is 4.79 Å². The first-order valence-electron chi connectivity index (χ1n) is 4.23. The molecule has 1 rings (SSSR count). The number of ether oxygens (including phenoxy) is 1. The molecular formula is C10H10F2O3. The average Bonchev–Trinajstić information content (AvgIpc) is 2.20. The second kappa shape index (κ2) is 4.25. The molecule has 0 saturated carbocycles. The van der Waals surface area contributed by atoms with E-state index in [2.05, 4.69) is 0 Å². The van der Waals surface area contributed by atoms with Crippen LogP contribution in [-0.2, 0) is 4.79 Å². The van der Waals surface area contributed by atoms with E-state index >= 15 is 0 Å². The van der Waals surface area contributed by atoms with Crippen LogP contribution in [0.15, 0.2) is 12.1 Å². The second-order valence-corrected chi connectivity index (χ2v) is 3.07. The molecule has 1 aromatic carbocycles. The molecule has 1 aromatic rings. The van der Waals surface area contributed by atoms with E-state index in [1.165, 1.54) is 14.0 Å². The number of hydrogen-bond donors (Lipinski definition) is 1. The minimum atomic E-state index is -1.13. The van der Waals surface area contributed by atoms with E-state index in [1.54, 1.807) is 0 Å². The molecule has 1 atom stereocenters. The maximum Gasteiger partial charge on any atom is 0.310 e. The summed E-state index contributed by atoms with van der Waals surface area (Å²) in [6, 6.07) is 1.68. The third-order valence-electron chi connectivity index (χ3n) is 2.11. The fourth-order valence-electron chi connectivity index (χ4n) is 1.19. The van der Waals surface area contributed by atoms with Crippen molar-refractivity contribution in [3.05, 3.63) is 29.3 Å². The highest BCUT2D eigenvalue weighted by Gasteiger charge is 2.20. The Morgan fingerprint density at radius 1 is 1.40 bits per heavy atom. The monoisotopic (exact) mass is 216 g/mol. The third kappa shape index (κ3) is 2.23. The Bertz CT molecular complexity index is 390. The normalized spacial score (nSPS) is 12.3. The standard InChI is InChI=1S/C10H10F2O3/c1-5(10(13)14)6-3-7(11)8(12)4-9(6)15-2/h3-5H,1-2H3,(H,13,14). The van der Waals surface area contributed by atoms with E-state index in [0.717, 1.165) is 12.1 Å². The van der Waals surface area contributed by atoms with Crippen molar-refractivity contribution in [1.82, 2.24) is 0 Å². The molecule has 5 heteroatoms. The van der Waals surface area contributed by atoms with Gasteiger partial charge in [0.25, 0.3) is 0 Å². The first kappa shape index (κ1) is 11.4. The lowest BCUT2D eigenvalue weighted by molar-refractivity contribution is -0.138. The van der Waals surface area contributed by atoms with Crippen molar-refractivity contribution in [3.8, 4) is 5.75 Å². The number of methoxy groups -OCH3 is 1. The molecule has 0 radical (unpaired) electrons. The molecule has 3 nitrogen and oxygen atoms in total. The highest BCUT2D eigenvalue weighted by atomic mass is 19.2. The summed E-state index contributed by atoms with van der Waals surface area (Å²) in [5, 5.41) is 8.74. The number of carboxylic acid groups (broad SMARTS) is 1. The molecule has 0 aliphatic heterocycles. The fraction of sp³-hybridized carbons (Fsp3) is 0.300. The van der Waals surface area contributed by atoms with Crippen LogP contribution in [0.3, 0.4) is 0 Å². The molecule has 0 amide bonds. The van der Waals surface area contributed by atoms with Gasteiger partial charge in [-0.05, 0) is 13.0 Å². The molecule has 1 N–H and O–H groups in total. The van der Waals surface area contributed by atoms with E-state index in [1.807, 2.05) is 0 Å². The Labute approximate surface area is 85.3 Å². The van der Waals surface area contributed by atoms with Crippen LogP contribution in [0.5, 0.6) is 5.75 Å². The number of halogens is 2. The van der Waals surface area contributed by atoms with Gasteiger partial charge in [0, 0.05) is 11.6 Å². The number of carbonyl (C=O) groups is 1. The molecule has 0 aromatic heterocycles. The summed E-state index contributed by atoms with van der Waals surface area (Å²) in [6.07, 6.45) is 0. The topological polar surface area (TPSA) is 46.5 Å². The van der Waals surface area contributed by atoms with E-state index in [-0.39, 0.29) is 11.3 Å². The largest absolute Gasteiger partial charge is 0.496 e. The predicted molar refractivity (Wildman–Crippen MR) is 49.0 cm³/mol. The van der Waals surface area contributed by atoms with Gasteiger partial charge in [0.15, 0.2) is 11.6 Å². The quantitative estimate of drug-likeness (QED) is 0.842. The molecule has 1 unspecified atom stereocenters. The molecule has 0 aliphatic rings. The van der Waals surface area contributed by atoms with Crippen molar-refractivity contribution < 1.29 is 23.4 Å². The predicted octanol–water partition coefficient (Wildman–Crippen LogP) is 2.16. The van der Waals surface area contributed by atoms with Crippen molar-refractivity contribution in [2.24, 2.45) is 0 Å². The molecule has 0 heterocycles. The fourth-order valence-corrected chi connectivity index (χ4v) is 1.19. The van der Waals surface area contributed by atoms with Crippen molar-refractivity contribution in [2.75, 3.05) is 7.11 Å². The Balaban J connectivity index is 3.27. The van der Waals surface area contributed by atoms with Crippen LogP contribution in [0, 0.1) is 11.6 Å². The number of benzene rings is 1. The van der Waals surface area contributed by atoms with E-state index in [0.29, 0.717) is 0 Å². The maximum atomic E-state index is 12.9. The van der Waals surface area contributed by atoms with E-state index < -0.39 is 23.5 Å². The summed E-state index contributed by atoms with van der Waals surface area (Å²) in [4.78, 5) is 10.7. The van der Waals surface area contributed by atoms with Crippen molar-refractivity contribution in [2.45, 2.75) is 12.8 Å².